The van der Waals surface area contributed by atoms with Crippen LogP contribution in [-0.2, 0) is 26.2 Å². The van der Waals surface area contributed by atoms with Crippen LogP contribution in [0.5, 0.6) is 34.5 Å². The normalized spacial score (nSPS) is 11.5. The second kappa shape index (κ2) is 37.1. The van der Waals surface area contributed by atoms with Gasteiger partial charge in [-0.05, 0) is 124 Å². The van der Waals surface area contributed by atoms with Gasteiger partial charge in [-0.2, -0.15) is 9.13 Å². The summed E-state index contributed by atoms with van der Waals surface area (Å²) < 4.78 is 42.4. The molecule has 0 atom stereocenters. The van der Waals surface area contributed by atoms with Crippen LogP contribution in [-0.4, -0.2) is 71.8 Å². The van der Waals surface area contributed by atoms with E-state index in [1.807, 2.05) is 24.3 Å². The van der Waals surface area contributed by atoms with Crippen LogP contribution in [0.3, 0.4) is 0 Å². The summed E-state index contributed by atoms with van der Waals surface area (Å²) in [5.41, 5.74) is 4.31. The molecule has 0 saturated carbocycles. The van der Waals surface area contributed by atoms with E-state index in [-0.39, 0.29) is 0 Å². The molecule has 3 aromatic heterocycles. The van der Waals surface area contributed by atoms with Crippen molar-refractivity contribution in [2.45, 2.75) is 129 Å². The molecular formula is C61H89N6O6S2+3. The van der Waals surface area contributed by atoms with Crippen LogP contribution < -0.4 is 52.8 Å². The summed E-state index contributed by atoms with van der Waals surface area (Å²) in [6, 6.07) is 20.5. The molecule has 0 aliphatic heterocycles. The van der Waals surface area contributed by atoms with Gasteiger partial charge in [0, 0.05) is 86.3 Å². The summed E-state index contributed by atoms with van der Waals surface area (Å²) in [6.07, 6.45) is 43.6. The van der Waals surface area contributed by atoms with Crippen molar-refractivity contribution in [1.29, 1.82) is 0 Å². The van der Waals surface area contributed by atoms with Crippen LogP contribution in [0.1, 0.15) is 125 Å². The van der Waals surface area contributed by atoms with E-state index >= 15 is 0 Å². The molecular weight excluding hydrogens is 977 g/mol. The standard InChI is InChI=1S/C61H89N6O6S2/c1-68-56-47-52(48-57(69-2)60(56)72-5)29-31-54-27-15-23-41-66(54)39-21-9-7-17-33-62-35-36-63-34-18-8-13-25-45-74-75-46-26-14-12-20-38-65-44-43-64(51-65)37-19-10-11-22-40-67-42-24-16-28-55(67)32-30-53-49-58(70-3)61(73-6)59(50-53)71-4/h15-16,23-24,27-32,35-36,41-44,47-51,62-63H,7-14,17-22,25-26,33-34,37-40,45-46H2,1-6H3/q+3/b31-29+,32-30+,36-35-. The Morgan fingerprint density at radius 2 is 0.880 bits per heavy atom. The molecule has 0 aliphatic carbocycles. The lowest BCUT2D eigenvalue weighted by atomic mass is 10.1. The molecule has 0 unspecified atom stereocenters. The summed E-state index contributed by atoms with van der Waals surface area (Å²) in [6.45, 7) is 6.23. The third kappa shape index (κ3) is 22.6. The second-order valence-corrected chi connectivity index (χ2v) is 21.4. The van der Waals surface area contributed by atoms with Crippen LogP contribution in [0.2, 0.25) is 0 Å². The average Bonchev–Trinajstić information content (AvgIpc) is 3.90. The quantitative estimate of drug-likeness (QED) is 0.0224. The Kier molecular flexibility index (Phi) is 29.7. The van der Waals surface area contributed by atoms with E-state index in [2.05, 4.69) is 155 Å². The van der Waals surface area contributed by atoms with Crippen molar-refractivity contribution >= 4 is 45.9 Å². The number of imidazole rings is 1. The SMILES string of the molecule is COc1cc(/C=C/c2cccc[n+]2CCCCCCN/C=C\NCCCCCCSSCCCCCCn2cc[n+](CCCCCC[n+]3ccccc3/C=C/c3cc(OC)c(OC)c(OC)c3)c2)cc(OC)c1OC. The van der Waals surface area contributed by atoms with Gasteiger partial charge in [-0.15, -0.1) is 0 Å². The maximum atomic E-state index is 5.53. The fraction of sp³-hybridized carbons (Fsp3) is 0.492. The minimum Gasteiger partial charge on any atom is -0.493 e. The molecule has 0 fully saturated rings. The van der Waals surface area contributed by atoms with Crippen molar-refractivity contribution < 1.29 is 42.1 Å². The lowest BCUT2D eigenvalue weighted by Gasteiger charge is -2.12. The highest BCUT2D eigenvalue weighted by molar-refractivity contribution is 8.76. The first-order valence-corrected chi connectivity index (χ1v) is 29.8. The van der Waals surface area contributed by atoms with Crippen LogP contribution in [0.4, 0.5) is 0 Å². The first kappa shape index (κ1) is 60.1. The minimum absolute atomic E-state index is 0.601. The van der Waals surface area contributed by atoms with Crippen LogP contribution >= 0.6 is 21.6 Å². The number of nitrogens with one attached hydrogen (secondary N) is 2. The van der Waals surface area contributed by atoms with Crippen LogP contribution in [0, 0.1) is 0 Å². The van der Waals surface area contributed by atoms with Crippen LogP contribution in [0.25, 0.3) is 24.3 Å². The summed E-state index contributed by atoms with van der Waals surface area (Å²) in [7, 11) is 14.0. The molecule has 0 bridgehead atoms. The molecule has 5 rings (SSSR count). The predicted molar refractivity (Wildman–Crippen MR) is 312 cm³/mol. The number of unbranched alkanes of at least 4 members (excludes halogenated alkanes) is 12. The first-order chi connectivity index (χ1) is 37.0. The van der Waals surface area contributed by atoms with E-state index < -0.39 is 0 Å². The molecule has 2 aromatic carbocycles. The van der Waals surface area contributed by atoms with E-state index in [0.717, 1.165) is 68.9 Å². The smallest absolute Gasteiger partial charge is 0.243 e. The number of aromatic nitrogens is 4. The highest BCUT2D eigenvalue weighted by atomic mass is 33.1. The Bertz CT molecular complexity index is 2390. The zero-order valence-corrected chi connectivity index (χ0v) is 47.8. The number of pyridine rings is 2. The third-order valence-corrected chi connectivity index (χ3v) is 15.7. The number of aryl methyl sites for hydroxylation is 4. The number of ether oxygens (including phenoxy) is 6. The number of methoxy groups -OCH3 is 6. The van der Waals surface area contributed by atoms with Gasteiger partial charge < -0.3 is 39.1 Å². The molecule has 408 valence electrons. The van der Waals surface area contributed by atoms with Gasteiger partial charge in [0.15, 0.2) is 35.4 Å². The molecule has 3 heterocycles. The third-order valence-electron chi connectivity index (χ3n) is 13.1. The van der Waals surface area contributed by atoms with Gasteiger partial charge >= 0.3 is 0 Å². The Balaban J connectivity index is 0.774. The van der Waals surface area contributed by atoms with Gasteiger partial charge in [-0.25, -0.2) is 9.13 Å². The average molecular weight is 1070 g/mol. The molecule has 0 spiro atoms. The van der Waals surface area contributed by atoms with Gasteiger partial charge in [0.1, 0.15) is 25.5 Å². The molecule has 0 radical (unpaired) electrons. The van der Waals surface area contributed by atoms with Crippen molar-refractivity contribution in [3.63, 3.8) is 0 Å². The maximum absolute atomic E-state index is 5.53. The molecule has 0 amide bonds. The van der Waals surface area contributed by atoms with E-state index in [1.165, 1.54) is 107 Å². The fourth-order valence-corrected chi connectivity index (χ4v) is 11.2. The van der Waals surface area contributed by atoms with Crippen molar-refractivity contribution in [3.05, 3.63) is 127 Å². The van der Waals surface area contributed by atoms with Gasteiger partial charge in [0.05, 0.1) is 55.7 Å². The van der Waals surface area contributed by atoms with Crippen molar-refractivity contribution in [3.8, 4) is 34.5 Å². The summed E-state index contributed by atoms with van der Waals surface area (Å²) >= 11 is 0. The first-order valence-electron chi connectivity index (χ1n) is 27.3. The van der Waals surface area contributed by atoms with Crippen molar-refractivity contribution in [1.82, 2.24) is 15.2 Å². The number of hydrogen-bond donors (Lipinski definition) is 2. The van der Waals surface area contributed by atoms with Crippen molar-refractivity contribution in [2.24, 2.45) is 0 Å². The number of nitrogens with zero attached hydrogens (tertiary/aromatic N) is 4. The van der Waals surface area contributed by atoms with E-state index in [4.69, 9.17) is 28.4 Å². The maximum Gasteiger partial charge on any atom is 0.243 e. The molecule has 14 heteroatoms. The summed E-state index contributed by atoms with van der Waals surface area (Å²) in [5, 5.41) is 6.89. The Morgan fingerprint density at radius 3 is 1.33 bits per heavy atom. The molecule has 75 heavy (non-hydrogen) atoms. The van der Waals surface area contributed by atoms with Gasteiger partial charge in [-0.1, -0.05) is 47.3 Å². The second-order valence-electron chi connectivity index (χ2n) is 18.7. The molecule has 0 aliphatic rings. The van der Waals surface area contributed by atoms with Gasteiger partial charge in [0.25, 0.3) is 0 Å². The van der Waals surface area contributed by atoms with Gasteiger partial charge in [0.2, 0.25) is 29.2 Å². The van der Waals surface area contributed by atoms with Crippen LogP contribution in [0.15, 0.2) is 104 Å². The molecule has 5 aromatic rings. The number of rotatable bonds is 41. The molecule has 0 saturated heterocycles. The largest absolute Gasteiger partial charge is 0.493 e. The number of benzene rings is 2. The zero-order valence-electron chi connectivity index (χ0n) is 46.1. The Morgan fingerprint density at radius 1 is 0.453 bits per heavy atom. The van der Waals surface area contributed by atoms with E-state index in [9.17, 15) is 0 Å². The van der Waals surface area contributed by atoms with E-state index in [0.29, 0.717) is 34.5 Å². The van der Waals surface area contributed by atoms with Crippen molar-refractivity contribution in [2.75, 3.05) is 67.3 Å². The summed E-state index contributed by atoms with van der Waals surface area (Å²) in [4.78, 5) is 0. The Hall–Kier alpha value is -5.73. The summed E-state index contributed by atoms with van der Waals surface area (Å²) in [5.74, 6) is 6.34. The lowest BCUT2D eigenvalue weighted by Crippen LogP contribution is -2.36. The predicted octanol–water partition coefficient (Wildman–Crippen LogP) is 12.4. The lowest BCUT2D eigenvalue weighted by molar-refractivity contribution is -0.699. The number of hydrogen-bond acceptors (Lipinski definition) is 10. The minimum atomic E-state index is 0.601. The van der Waals surface area contributed by atoms with Gasteiger partial charge in [-0.3, -0.25) is 0 Å². The topological polar surface area (TPSA) is 96.0 Å². The Labute approximate surface area is 458 Å². The monoisotopic (exact) mass is 1070 g/mol. The van der Waals surface area contributed by atoms with E-state index in [1.54, 1.807) is 42.7 Å². The molecule has 2 N–H and O–H groups in total. The molecule has 12 nitrogen and oxygen atoms in total. The fourth-order valence-electron chi connectivity index (χ4n) is 8.90. The zero-order chi connectivity index (χ0) is 53.0. The highest BCUT2D eigenvalue weighted by Crippen LogP contribution is 2.39. The highest BCUT2D eigenvalue weighted by Gasteiger charge is 2.15.